The molecule has 1 unspecified atom stereocenters. The maximum absolute atomic E-state index is 12.5. The molecule has 2 aliphatic rings. The Morgan fingerprint density at radius 2 is 1.63 bits per heavy atom. The van der Waals surface area contributed by atoms with Crippen molar-refractivity contribution in [3.05, 3.63) is 70.3 Å². The number of aryl methyl sites for hydroxylation is 2. The lowest BCUT2D eigenvalue weighted by atomic mass is 9.89. The van der Waals surface area contributed by atoms with E-state index in [2.05, 4.69) is 23.5 Å². The van der Waals surface area contributed by atoms with Gasteiger partial charge in [-0.15, -0.1) is 0 Å². The van der Waals surface area contributed by atoms with Gasteiger partial charge in [0, 0.05) is 0 Å². The molecule has 0 aromatic heterocycles. The topological polar surface area (TPSA) is 66.5 Å². The van der Waals surface area contributed by atoms with Crippen LogP contribution in [0, 0.1) is 0 Å². The standard InChI is InChI=1S/C22H22N2O3/c1-14(16-11-10-15-6-2-3-7-17(15)12-16)23-20(25)13-24-21(26)18-8-4-5-9-19(18)22(24)27/h4-5,8-12,14H,2-3,6-7,13H2,1H3,(H,23,25). The molecule has 2 aromatic carbocycles. The number of carbonyl (C=O) groups excluding carboxylic acids is 3. The number of hydrogen-bond acceptors (Lipinski definition) is 3. The van der Waals surface area contributed by atoms with E-state index in [1.54, 1.807) is 24.3 Å². The van der Waals surface area contributed by atoms with Gasteiger partial charge in [0.15, 0.2) is 0 Å². The van der Waals surface area contributed by atoms with E-state index in [0.29, 0.717) is 11.1 Å². The van der Waals surface area contributed by atoms with Gasteiger partial charge < -0.3 is 5.32 Å². The number of nitrogens with zero attached hydrogens (tertiary/aromatic N) is 1. The van der Waals surface area contributed by atoms with Crippen molar-refractivity contribution in [3.63, 3.8) is 0 Å². The van der Waals surface area contributed by atoms with Gasteiger partial charge in [-0.05, 0) is 61.4 Å². The second-order valence-corrected chi connectivity index (χ2v) is 7.27. The van der Waals surface area contributed by atoms with Crippen molar-refractivity contribution in [1.82, 2.24) is 10.2 Å². The molecule has 2 aromatic rings. The molecule has 1 aliphatic heterocycles. The number of hydrogen-bond donors (Lipinski definition) is 1. The summed E-state index contributed by atoms with van der Waals surface area (Å²) in [7, 11) is 0. The van der Waals surface area contributed by atoms with Crippen molar-refractivity contribution in [2.75, 3.05) is 6.54 Å². The summed E-state index contributed by atoms with van der Waals surface area (Å²) in [6.45, 7) is 1.66. The monoisotopic (exact) mass is 362 g/mol. The predicted molar refractivity (Wildman–Crippen MR) is 101 cm³/mol. The SMILES string of the molecule is CC(NC(=O)CN1C(=O)c2ccccc2C1=O)c1ccc2c(c1)CCCC2. The van der Waals surface area contributed by atoms with E-state index < -0.39 is 11.8 Å². The summed E-state index contributed by atoms with van der Waals surface area (Å²) in [5.74, 6) is -1.16. The normalized spacial score (nSPS) is 16.7. The predicted octanol–water partition coefficient (Wildman–Crippen LogP) is 3.04. The first-order valence-electron chi connectivity index (χ1n) is 9.41. The maximum atomic E-state index is 12.5. The summed E-state index contributed by atoms with van der Waals surface area (Å²) < 4.78 is 0. The Bertz CT molecular complexity index is 900. The third-order valence-electron chi connectivity index (χ3n) is 5.43. The van der Waals surface area contributed by atoms with Gasteiger partial charge in [0.25, 0.3) is 11.8 Å². The molecule has 3 amide bonds. The molecule has 138 valence electrons. The van der Waals surface area contributed by atoms with E-state index >= 15 is 0 Å². The molecule has 1 N–H and O–H groups in total. The van der Waals surface area contributed by atoms with Gasteiger partial charge in [-0.3, -0.25) is 19.3 Å². The number of fused-ring (bicyclic) bond motifs is 2. The lowest BCUT2D eigenvalue weighted by molar-refractivity contribution is -0.122. The van der Waals surface area contributed by atoms with Crippen molar-refractivity contribution in [2.45, 2.75) is 38.6 Å². The van der Waals surface area contributed by atoms with Crippen LogP contribution in [0.15, 0.2) is 42.5 Å². The number of imide groups is 1. The molecule has 27 heavy (non-hydrogen) atoms. The molecule has 1 aliphatic carbocycles. The molecule has 1 heterocycles. The average Bonchev–Trinajstić information content (AvgIpc) is 2.92. The maximum Gasteiger partial charge on any atom is 0.262 e. The number of amides is 3. The second-order valence-electron chi connectivity index (χ2n) is 7.27. The first kappa shape index (κ1) is 17.5. The largest absolute Gasteiger partial charge is 0.348 e. The summed E-state index contributed by atoms with van der Waals surface area (Å²) in [5.41, 5.74) is 4.53. The Hall–Kier alpha value is -2.95. The van der Waals surface area contributed by atoms with Crippen LogP contribution in [0.25, 0.3) is 0 Å². The quantitative estimate of drug-likeness (QED) is 0.850. The van der Waals surface area contributed by atoms with Crippen LogP contribution in [0.1, 0.15) is 63.2 Å². The lowest BCUT2D eigenvalue weighted by Gasteiger charge is -2.21. The van der Waals surface area contributed by atoms with Crippen LogP contribution in [-0.2, 0) is 17.6 Å². The van der Waals surface area contributed by atoms with Crippen LogP contribution in [-0.4, -0.2) is 29.2 Å². The molecule has 0 spiro atoms. The van der Waals surface area contributed by atoms with E-state index in [4.69, 9.17) is 0 Å². The Kier molecular flexibility index (Phi) is 4.52. The molecular formula is C22H22N2O3. The zero-order chi connectivity index (χ0) is 19.0. The van der Waals surface area contributed by atoms with E-state index in [9.17, 15) is 14.4 Å². The summed E-state index contributed by atoms with van der Waals surface area (Å²) >= 11 is 0. The number of rotatable bonds is 4. The third-order valence-corrected chi connectivity index (χ3v) is 5.43. The Balaban J connectivity index is 1.43. The van der Waals surface area contributed by atoms with E-state index in [1.807, 2.05) is 6.92 Å². The zero-order valence-electron chi connectivity index (χ0n) is 15.3. The Morgan fingerprint density at radius 3 is 2.30 bits per heavy atom. The zero-order valence-corrected chi connectivity index (χ0v) is 15.3. The Morgan fingerprint density at radius 1 is 1.00 bits per heavy atom. The molecule has 0 radical (unpaired) electrons. The van der Waals surface area contributed by atoms with Crippen LogP contribution < -0.4 is 5.32 Å². The number of carbonyl (C=O) groups is 3. The highest BCUT2D eigenvalue weighted by Crippen LogP contribution is 2.25. The summed E-state index contributed by atoms with van der Waals surface area (Å²) in [5, 5.41) is 2.91. The Labute approximate surface area is 158 Å². The third kappa shape index (κ3) is 3.25. The first-order valence-corrected chi connectivity index (χ1v) is 9.41. The molecule has 0 fully saturated rings. The molecule has 5 heteroatoms. The van der Waals surface area contributed by atoms with E-state index in [1.165, 1.54) is 24.0 Å². The van der Waals surface area contributed by atoms with Crippen molar-refractivity contribution in [1.29, 1.82) is 0 Å². The van der Waals surface area contributed by atoms with Gasteiger partial charge in [-0.1, -0.05) is 30.3 Å². The molecule has 4 rings (SSSR count). The highest BCUT2D eigenvalue weighted by Gasteiger charge is 2.36. The van der Waals surface area contributed by atoms with Crippen LogP contribution in [0.5, 0.6) is 0 Å². The summed E-state index contributed by atoms with van der Waals surface area (Å²) in [4.78, 5) is 38.2. The minimum Gasteiger partial charge on any atom is -0.348 e. The first-order chi connectivity index (χ1) is 13.0. The molecule has 0 saturated carbocycles. The second kappa shape index (κ2) is 6.99. The fraction of sp³-hybridized carbons (Fsp3) is 0.318. The fourth-order valence-electron chi connectivity index (χ4n) is 3.92. The minimum absolute atomic E-state index is 0.181. The molecule has 5 nitrogen and oxygen atoms in total. The fourth-order valence-corrected chi connectivity index (χ4v) is 3.92. The lowest BCUT2D eigenvalue weighted by Crippen LogP contribution is -2.41. The van der Waals surface area contributed by atoms with Crippen LogP contribution in [0.4, 0.5) is 0 Å². The van der Waals surface area contributed by atoms with Gasteiger partial charge in [-0.2, -0.15) is 0 Å². The van der Waals surface area contributed by atoms with Gasteiger partial charge >= 0.3 is 0 Å². The van der Waals surface area contributed by atoms with Crippen LogP contribution in [0.3, 0.4) is 0 Å². The highest BCUT2D eigenvalue weighted by molar-refractivity contribution is 6.22. The number of benzene rings is 2. The molecular weight excluding hydrogens is 340 g/mol. The number of nitrogens with one attached hydrogen (secondary N) is 1. The average molecular weight is 362 g/mol. The van der Waals surface area contributed by atoms with Crippen molar-refractivity contribution in [2.24, 2.45) is 0 Å². The van der Waals surface area contributed by atoms with Gasteiger partial charge in [-0.25, -0.2) is 0 Å². The minimum atomic E-state index is -0.410. The van der Waals surface area contributed by atoms with Crippen molar-refractivity contribution in [3.8, 4) is 0 Å². The van der Waals surface area contributed by atoms with Crippen molar-refractivity contribution >= 4 is 17.7 Å². The molecule has 0 saturated heterocycles. The van der Waals surface area contributed by atoms with Gasteiger partial charge in [0.1, 0.15) is 6.54 Å². The summed E-state index contributed by atoms with van der Waals surface area (Å²) in [6.07, 6.45) is 4.64. The molecule has 1 atom stereocenters. The van der Waals surface area contributed by atoms with E-state index in [0.717, 1.165) is 23.3 Å². The van der Waals surface area contributed by atoms with E-state index in [-0.39, 0.29) is 18.5 Å². The van der Waals surface area contributed by atoms with Crippen LogP contribution in [0.2, 0.25) is 0 Å². The summed E-state index contributed by atoms with van der Waals surface area (Å²) in [6, 6.07) is 12.8. The van der Waals surface area contributed by atoms with Crippen molar-refractivity contribution < 1.29 is 14.4 Å². The highest BCUT2D eigenvalue weighted by atomic mass is 16.2. The van der Waals surface area contributed by atoms with Crippen LogP contribution >= 0.6 is 0 Å². The van der Waals surface area contributed by atoms with Gasteiger partial charge in [0.2, 0.25) is 5.91 Å². The smallest absolute Gasteiger partial charge is 0.262 e. The molecule has 0 bridgehead atoms. The van der Waals surface area contributed by atoms with Gasteiger partial charge in [0.05, 0.1) is 17.2 Å².